The molecule has 0 amide bonds. The van der Waals surface area contributed by atoms with Gasteiger partial charge >= 0.3 is 0 Å². The zero-order valence-electron chi connectivity index (χ0n) is 10.5. The summed E-state index contributed by atoms with van der Waals surface area (Å²) in [7, 11) is -1.14. The van der Waals surface area contributed by atoms with Gasteiger partial charge in [0.15, 0.2) is 11.5 Å². The van der Waals surface area contributed by atoms with Crippen LogP contribution >= 0.6 is 0 Å². The van der Waals surface area contributed by atoms with Gasteiger partial charge in [0.05, 0.1) is 28.0 Å². The van der Waals surface area contributed by atoms with Crippen molar-refractivity contribution in [1.82, 2.24) is 0 Å². The third kappa shape index (κ3) is 2.33. The summed E-state index contributed by atoms with van der Waals surface area (Å²) in [6.45, 7) is 1.07. The highest BCUT2D eigenvalue weighted by Crippen LogP contribution is 2.36. The molecule has 1 aromatic rings. The molecule has 0 aromatic heterocycles. The van der Waals surface area contributed by atoms with Crippen molar-refractivity contribution in [2.45, 2.75) is 29.4 Å². The lowest BCUT2D eigenvalue weighted by Gasteiger charge is -2.20. The highest BCUT2D eigenvalue weighted by atomic mass is 32.2. The SMILES string of the molecule is N#CC1CCCC1S(=O)c1ccc2c(c1)OCCO2. The molecule has 1 saturated carbocycles. The lowest BCUT2D eigenvalue weighted by Crippen LogP contribution is -2.20. The summed E-state index contributed by atoms with van der Waals surface area (Å²) in [5.41, 5.74) is 0. The number of ether oxygens (including phenoxy) is 2. The van der Waals surface area contributed by atoms with Crippen LogP contribution in [0.15, 0.2) is 23.1 Å². The molecule has 1 heterocycles. The minimum Gasteiger partial charge on any atom is -0.486 e. The van der Waals surface area contributed by atoms with E-state index in [0.717, 1.165) is 24.2 Å². The van der Waals surface area contributed by atoms with Gasteiger partial charge in [0, 0.05) is 11.0 Å². The quantitative estimate of drug-likeness (QED) is 0.832. The molecule has 19 heavy (non-hydrogen) atoms. The first-order valence-electron chi connectivity index (χ1n) is 6.49. The first-order chi connectivity index (χ1) is 9.29. The minimum absolute atomic E-state index is 0.0486. The molecule has 1 aromatic carbocycles. The second-order valence-electron chi connectivity index (χ2n) is 4.81. The summed E-state index contributed by atoms with van der Waals surface area (Å²) >= 11 is 0. The summed E-state index contributed by atoms with van der Waals surface area (Å²) in [6.07, 6.45) is 2.70. The zero-order valence-corrected chi connectivity index (χ0v) is 11.3. The number of hydrogen-bond donors (Lipinski definition) is 0. The van der Waals surface area contributed by atoms with Crippen molar-refractivity contribution in [1.29, 1.82) is 5.26 Å². The van der Waals surface area contributed by atoms with Crippen LogP contribution in [0.4, 0.5) is 0 Å². The Bertz CT molecular complexity index is 552. The van der Waals surface area contributed by atoms with Crippen LogP contribution < -0.4 is 9.47 Å². The molecule has 1 aliphatic heterocycles. The van der Waals surface area contributed by atoms with E-state index in [1.165, 1.54) is 0 Å². The third-order valence-electron chi connectivity index (χ3n) is 3.64. The molecule has 0 saturated heterocycles. The summed E-state index contributed by atoms with van der Waals surface area (Å²) < 4.78 is 23.5. The minimum atomic E-state index is -1.14. The highest BCUT2D eigenvalue weighted by molar-refractivity contribution is 7.85. The Morgan fingerprint density at radius 2 is 2.00 bits per heavy atom. The Kier molecular flexibility index (Phi) is 3.43. The van der Waals surface area contributed by atoms with Gasteiger partial charge in [-0.15, -0.1) is 0 Å². The van der Waals surface area contributed by atoms with Gasteiger partial charge in [0.1, 0.15) is 13.2 Å². The number of rotatable bonds is 2. The Morgan fingerprint density at radius 1 is 1.21 bits per heavy atom. The Morgan fingerprint density at radius 3 is 2.79 bits per heavy atom. The van der Waals surface area contributed by atoms with Crippen molar-refractivity contribution in [3.05, 3.63) is 18.2 Å². The van der Waals surface area contributed by atoms with E-state index < -0.39 is 10.8 Å². The average molecular weight is 277 g/mol. The number of benzene rings is 1. The average Bonchev–Trinajstić information content (AvgIpc) is 2.94. The lowest BCUT2D eigenvalue weighted by atomic mass is 10.1. The lowest BCUT2D eigenvalue weighted by molar-refractivity contribution is 0.171. The normalized spacial score (nSPS) is 26.7. The number of nitrogens with zero attached hydrogens (tertiary/aromatic N) is 1. The molecule has 5 heteroatoms. The van der Waals surface area contributed by atoms with Gasteiger partial charge in [-0.05, 0) is 25.0 Å². The maximum atomic E-state index is 12.6. The van der Waals surface area contributed by atoms with E-state index in [1.807, 2.05) is 6.07 Å². The smallest absolute Gasteiger partial charge is 0.162 e. The fourth-order valence-electron chi connectivity index (χ4n) is 2.65. The molecular weight excluding hydrogens is 262 g/mol. The fourth-order valence-corrected chi connectivity index (χ4v) is 4.30. The molecule has 0 N–H and O–H groups in total. The van der Waals surface area contributed by atoms with Crippen LogP contribution in [0.1, 0.15) is 19.3 Å². The standard InChI is InChI=1S/C14H15NO3S/c15-9-10-2-1-3-14(10)19(16)11-4-5-12-13(8-11)18-7-6-17-12/h4-5,8,10,14H,1-3,6-7H2. The molecule has 100 valence electrons. The molecule has 1 aliphatic carbocycles. The molecular formula is C14H15NO3S. The molecule has 4 nitrogen and oxygen atoms in total. The largest absolute Gasteiger partial charge is 0.486 e. The van der Waals surface area contributed by atoms with Crippen LogP contribution in [0.3, 0.4) is 0 Å². The molecule has 2 aliphatic rings. The van der Waals surface area contributed by atoms with Crippen molar-refractivity contribution >= 4 is 10.8 Å². The van der Waals surface area contributed by atoms with E-state index in [4.69, 9.17) is 14.7 Å². The summed E-state index contributed by atoms with van der Waals surface area (Å²) in [4.78, 5) is 0.733. The van der Waals surface area contributed by atoms with Crippen LogP contribution in [0.25, 0.3) is 0 Å². The van der Waals surface area contributed by atoms with Gasteiger partial charge in [-0.1, -0.05) is 6.42 Å². The monoisotopic (exact) mass is 277 g/mol. The number of hydrogen-bond acceptors (Lipinski definition) is 4. The van der Waals surface area contributed by atoms with Crippen molar-refractivity contribution in [3.63, 3.8) is 0 Å². The molecule has 0 bridgehead atoms. The fraction of sp³-hybridized carbons (Fsp3) is 0.500. The van der Waals surface area contributed by atoms with Crippen LogP contribution in [0.2, 0.25) is 0 Å². The molecule has 1 fully saturated rings. The predicted octanol–water partition coefficient (Wildman–Crippen LogP) is 2.26. The maximum Gasteiger partial charge on any atom is 0.162 e. The Labute approximate surface area is 114 Å². The van der Waals surface area contributed by atoms with E-state index in [2.05, 4.69) is 6.07 Å². The topological polar surface area (TPSA) is 59.3 Å². The second kappa shape index (κ2) is 5.22. The van der Waals surface area contributed by atoms with E-state index in [-0.39, 0.29) is 11.2 Å². The van der Waals surface area contributed by atoms with E-state index in [0.29, 0.717) is 24.7 Å². The number of fused-ring (bicyclic) bond motifs is 1. The highest BCUT2D eigenvalue weighted by Gasteiger charge is 2.33. The van der Waals surface area contributed by atoms with Crippen molar-refractivity contribution in [3.8, 4) is 17.6 Å². The van der Waals surface area contributed by atoms with Crippen molar-refractivity contribution < 1.29 is 13.7 Å². The molecule has 0 spiro atoms. The van der Waals surface area contributed by atoms with Crippen LogP contribution in [-0.2, 0) is 10.8 Å². The van der Waals surface area contributed by atoms with Crippen molar-refractivity contribution in [2.24, 2.45) is 5.92 Å². The summed E-state index contributed by atoms with van der Waals surface area (Å²) in [6, 6.07) is 7.69. The zero-order chi connectivity index (χ0) is 13.2. The summed E-state index contributed by atoms with van der Waals surface area (Å²) in [5, 5.41) is 9.05. The van der Waals surface area contributed by atoms with Gasteiger partial charge in [0.25, 0.3) is 0 Å². The van der Waals surface area contributed by atoms with E-state index >= 15 is 0 Å². The number of nitriles is 1. The maximum absolute atomic E-state index is 12.6. The molecule has 0 radical (unpaired) electrons. The van der Waals surface area contributed by atoms with Gasteiger partial charge in [-0.3, -0.25) is 4.21 Å². The van der Waals surface area contributed by atoms with Gasteiger partial charge in [-0.25, -0.2) is 0 Å². The van der Waals surface area contributed by atoms with Crippen LogP contribution in [0.5, 0.6) is 11.5 Å². The second-order valence-corrected chi connectivity index (χ2v) is 6.48. The predicted molar refractivity (Wildman–Crippen MR) is 70.6 cm³/mol. The first kappa shape index (κ1) is 12.5. The third-order valence-corrected chi connectivity index (χ3v) is 5.47. The molecule has 3 rings (SSSR count). The molecule has 3 unspecified atom stereocenters. The first-order valence-corrected chi connectivity index (χ1v) is 7.71. The van der Waals surface area contributed by atoms with Gasteiger partial charge in [0.2, 0.25) is 0 Å². The van der Waals surface area contributed by atoms with Gasteiger partial charge < -0.3 is 9.47 Å². The molecule has 3 atom stereocenters. The Balaban J connectivity index is 1.86. The van der Waals surface area contributed by atoms with Crippen LogP contribution in [0, 0.1) is 17.2 Å². The van der Waals surface area contributed by atoms with Gasteiger partial charge in [-0.2, -0.15) is 5.26 Å². The van der Waals surface area contributed by atoms with Crippen LogP contribution in [-0.4, -0.2) is 22.7 Å². The summed E-state index contributed by atoms with van der Waals surface area (Å²) in [5.74, 6) is 1.27. The van der Waals surface area contributed by atoms with E-state index in [1.54, 1.807) is 12.1 Å². The Hall–Kier alpha value is -1.54. The van der Waals surface area contributed by atoms with E-state index in [9.17, 15) is 4.21 Å². The van der Waals surface area contributed by atoms with Crippen molar-refractivity contribution in [2.75, 3.05) is 13.2 Å².